The molecule has 1 saturated heterocycles. The van der Waals surface area contributed by atoms with Gasteiger partial charge in [-0.15, -0.1) is 11.3 Å². The molecule has 0 radical (unpaired) electrons. The number of hydrogen-bond acceptors (Lipinski definition) is 6. The Hall–Kier alpha value is -2.00. The summed E-state index contributed by atoms with van der Waals surface area (Å²) in [5, 5.41) is 9.75. The van der Waals surface area contributed by atoms with Crippen molar-refractivity contribution in [3.63, 3.8) is 0 Å². The molecule has 8 nitrogen and oxygen atoms in total. The molecule has 2 aliphatic heterocycles. The fourth-order valence-electron chi connectivity index (χ4n) is 3.81. The molecule has 1 fully saturated rings. The number of aryl methyl sites for hydroxylation is 1. The van der Waals surface area contributed by atoms with Gasteiger partial charge >= 0.3 is 5.69 Å². The summed E-state index contributed by atoms with van der Waals surface area (Å²) in [6, 6.07) is 0. The second-order valence-corrected chi connectivity index (χ2v) is 8.21. The Morgan fingerprint density at radius 2 is 1.89 bits per heavy atom. The summed E-state index contributed by atoms with van der Waals surface area (Å²) in [7, 11) is 0. The molecule has 1 N–H and O–H groups in total. The van der Waals surface area contributed by atoms with E-state index in [4.69, 9.17) is 0 Å². The molecule has 4 rings (SSSR count). The van der Waals surface area contributed by atoms with Gasteiger partial charge in [-0.2, -0.15) is 5.10 Å². The largest absolute Gasteiger partial charge is 0.346 e. The number of rotatable bonds is 5. The number of nitrogens with one attached hydrogen (secondary N) is 1. The third-order valence-electron chi connectivity index (χ3n) is 5.21. The summed E-state index contributed by atoms with van der Waals surface area (Å²) in [4.78, 5) is 31.7. The number of amides is 1. The van der Waals surface area contributed by atoms with Crippen LogP contribution >= 0.6 is 11.3 Å². The number of anilines is 1. The standard InChI is InChI=1S/C18H26N6O2S/c25-16(12-24-18(26)23-10-6-1-3-7-15(23)21-24)20-17-19-14(13-27-17)11-22-8-4-2-5-9-22/h13H,1-12H2,(H,19,20,25). The van der Waals surface area contributed by atoms with Crippen LogP contribution in [0.5, 0.6) is 0 Å². The molecule has 9 heteroatoms. The molecule has 2 aromatic rings. The van der Waals surface area contributed by atoms with Crippen LogP contribution in [0, 0.1) is 0 Å². The first-order valence-electron chi connectivity index (χ1n) is 9.82. The van der Waals surface area contributed by atoms with E-state index < -0.39 is 0 Å². The number of nitrogens with zero attached hydrogens (tertiary/aromatic N) is 5. The van der Waals surface area contributed by atoms with Crippen molar-refractivity contribution in [2.24, 2.45) is 0 Å². The van der Waals surface area contributed by atoms with Crippen LogP contribution in [0.3, 0.4) is 0 Å². The molecule has 4 heterocycles. The van der Waals surface area contributed by atoms with Crippen molar-refractivity contribution < 1.29 is 4.79 Å². The molecule has 0 atom stereocenters. The highest BCUT2D eigenvalue weighted by molar-refractivity contribution is 7.13. The Balaban J connectivity index is 1.35. The van der Waals surface area contributed by atoms with Gasteiger partial charge in [0.1, 0.15) is 12.4 Å². The van der Waals surface area contributed by atoms with E-state index in [1.807, 2.05) is 5.38 Å². The Labute approximate surface area is 162 Å². The number of aromatic nitrogens is 4. The third-order valence-corrected chi connectivity index (χ3v) is 6.01. The maximum absolute atomic E-state index is 12.4. The fourth-order valence-corrected chi connectivity index (χ4v) is 4.52. The van der Waals surface area contributed by atoms with Crippen LogP contribution in [-0.2, 0) is 30.8 Å². The zero-order chi connectivity index (χ0) is 18.6. The van der Waals surface area contributed by atoms with Gasteiger partial charge in [0, 0.05) is 24.9 Å². The summed E-state index contributed by atoms with van der Waals surface area (Å²) in [6.45, 7) is 3.70. The van der Waals surface area contributed by atoms with Gasteiger partial charge in [0.15, 0.2) is 5.13 Å². The Bertz CT molecular complexity index is 848. The maximum Gasteiger partial charge on any atom is 0.346 e. The minimum Gasteiger partial charge on any atom is -0.300 e. The number of thiazole rings is 1. The molecular weight excluding hydrogens is 364 g/mol. The lowest BCUT2D eigenvalue weighted by atomic mass is 10.1. The molecule has 2 aliphatic rings. The molecule has 0 bridgehead atoms. The molecule has 1 amide bonds. The average molecular weight is 391 g/mol. The summed E-state index contributed by atoms with van der Waals surface area (Å²) in [5.41, 5.74) is 0.801. The minimum absolute atomic E-state index is 0.0696. The number of hydrogen-bond donors (Lipinski definition) is 1. The molecule has 0 spiro atoms. The van der Waals surface area contributed by atoms with Gasteiger partial charge in [-0.3, -0.25) is 14.3 Å². The van der Waals surface area contributed by atoms with Crippen LogP contribution in [0.4, 0.5) is 5.13 Å². The lowest BCUT2D eigenvalue weighted by Crippen LogP contribution is -2.30. The number of likely N-dealkylation sites (tertiary alicyclic amines) is 1. The predicted molar refractivity (Wildman–Crippen MR) is 104 cm³/mol. The summed E-state index contributed by atoms with van der Waals surface area (Å²) >= 11 is 1.43. The smallest absolute Gasteiger partial charge is 0.300 e. The highest BCUT2D eigenvalue weighted by atomic mass is 32.1. The highest BCUT2D eigenvalue weighted by Crippen LogP contribution is 2.19. The van der Waals surface area contributed by atoms with Crippen molar-refractivity contribution in [2.75, 3.05) is 18.4 Å². The monoisotopic (exact) mass is 390 g/mol. The lowest BCUT2D eigenvalue weighted by molar-refractivity contribution is -0.117. The van der Waals surface area contributed by atoms with E-state index in [9.17, 15) is 9.59 Å². The van der Waals surface area contributed by atoms with E-state index in [1.165, 1.54) is 35.3 Å². The average Bonchev–Trinajstić information content (AvgIpc) is 3.11. The Morgan fingerprint density at radius 1 is 1.11 bits per heavy atom. The van der Waals surface area contributed by atoms with E-state index in [0.717, 1.165) is 56.8 Å². The first-order valence-corrected chi connectivity index (χ1v) is 10.7. The summed E-state index contributed by atoms with van der Waals surface area (Å²) in [6.07, 6.45) is 7.76. The highest BCUT2D eigenvalue weighted by Gasteiger charge is 2.18. The second-order valence-electron chi connectivity index (χ2n) is 7.35. The zero-order valence-electron chi connectivity index (χ0n) is 15.5. The SMILES string of the molecule is O=C(Cn1nc2n(c1=O)CCCCC2)Nc1nc(CN2CCCCC2)cs1. The molecular formula is C18H26N6O2S. The first-order chi connectivity index (χ1) is 13.2. The first kappa shape index (κ1) is 18.4. The quantitative estimate of drug-likeness (QED) is 0.842. The van der Waals surface area contributed by atoms with Gasteiger partial charge in [-0.25, -0.2) is 14.5 Å². The van der Waals surface area contributed by atoms with E-state index in [2.05, 4.69) is 20.3 Å². The van der Waals surface area contributed by atoms with Crippen LogP contribution in [0.25, 0.3) is 0 Å². The van der Waals surface area contributed by atoms with Crippen molar-refractivity contribution in [1.29, 1.82) is 0 Å². The Kier molecular flexibility index (Phi) is 5.68. The zero-order valence-corrected chi connectivity index (χ0v) is 16.3. The number of piperidine rings is 1. The Morgan fingerprint density at radius 3 is 2.74 bits per heavy atom. The van der Waals surface area contributed by atoms with Gasteiger partial charge in [0.25, 0.3) is 0 Å². The van der Waals surface area contributed by atoms with Crippen LogP contribution in [0.2, 0.25) is 0 Å². The third kappa shape index (κ3) is 4.47. The normalized spacial score (nSPS) is 18.1. The molecule has 146 valence electrons. The minimum atomic E-state index is -0.260. The van der Waals surface area contributed by atoms with Gasteiger partial charge in [-0.1, -0.05) is 12.8 Å². The van der Waals surface area contributed by atoms with E-state index in [0.29, 0.717) is 11.7 Å². The van der Waals surface area contributed by atoms with Gasteiger partial charge in [-0.05, 0) is 38.8 Å². The maximum atomic E-state index is 12.4. The number of carbonyl (C=O) groups excluding carboxylic acids is 1. The molecule has 0 aromatic carbocycles. The van der Waals surface area contributed by atoms with E-state index in [-0.39, 0.29) is 18.1 Å². The summed E-state index contributed by atoms with van der Waals surface area (Å²) < 4.78 is 2.98. The topological polar surface area (TPSA) is 85.0 Å². The van der Waals surface area contributed by atoms with E-state index in [1.54, 1.807) is 4.57 Å². The van der Waals surface area contributed by atoms with Crippen molar-refractivity contribution >= 4 is 22.4 Å². The van der Waals surface area contributed by atoms with Crippen molar-refractivity contribution in [3.05, 3.63) is 27.4 Å². The van der Waals surface area contributed by atoms with Crippen LogP contribution in [0.1, 0.15) is 50.0 Å². The van der Waals surface area contributed by atoms with Crippen molar-refractivity contribution in [2.45, 2.75) is 64.6 Å². The summed E-state index contributed by atoms with van der Waals surface area (Å²) in [5.74, 6) is 0.535. The molecule has 0 aliphatic carbocycles. The molecule has 27 heavy (non-hydrogen) atoms. The van der Waals surface area contributed by atoms with Gasteiger partial charge < -0.3 is 5.32 Å². The second kappa shape index (κ2) is 8.35. The van der Waals surface area contributed by atoms with Gasteiger partial charge in [0.05, 0.1) is 5.69 Å². The predicted octanol–water partition coefficient (Wildman–Crippen LogP) is 1.85. The van der Waals surface area contributed by atoms with Crippen LogP contribution < -0.4 is 11.0 Å². The van der Waals surface area contributed by atoms with Gasteiger partial charge in [0.2, 0.25) is 5.91 Å². The lowest BCUT2D eigenvalue weighted by Gasteiger charge is -2.25. The van der Waals surface area contributed by atoms with E-state index >= 15 is 0 Å². The van der Waals surface area contributed by atoms with Crippen LogP contribution in [-0.4, -0.2) is 43.2 Å². The molecule has 2 aromatic heterocycles. The number of carbonyl (C=O) groups is 1. The molecule has 0 saturated carbocycles. The molecule has 0 unspecified atom stereocenters. The van der Waals surface area contributed by atoms with Crippen LogP contribution in [0.15, 0.2) is 10.2 Å². The van der Waals surface area contributed by atoms with Crippen molar-refractivity contribution in [1.82, 2.24) is 24.2 Å². The van der Waals surface area contributed by atoms with Crippen molar-refractivity contribution in [3.8, 4) is 0 Å². The fraction of sp³-hybridized carbons (Fsp3) is 0.667. The number of fused-ring (bicyclic) bond motifs is 1.